The van der Waals surface area contributed by atoms with Gasteiger partial charge in [-0.25, -0.2) is 0 Å². The van der Waals surface area contributed by atoms with Gasteiger partial charge < -0.3 is 10.4 Å². The zero-order valence-electron chi connectivity index (χ0n) is 12.2. The molecular formula is C17H27NO. The van der Waals surface area contributed by atoms with Gasteiger partial charge in [-0.3, -0.25) is 0 Å². The Morgan fingerprint density at radius 2 is 1.89 bits per heavy atom. The van der Waals surface area contributed by atoms with Gasteiger partial charge in [-0.15, -0.1) is 0 Å². The molecule has 1 atom stereocenters. The van der Waals surface area contributed by atoms with Gasteiger partial charge in [0, 0.05) is 12.6 Å². The van der Waals surface area contributed by atoms with Crippen LogP contribution in [-0.2, 0) is 0 Å². The van der Waals surface area contributed by atoms with E-state index in [0.29, 0.717) is 12.6 Å². The third kappa shape index (κ3) is 4.05. The minimum absolute atomic E-state index is 0.300. The average Bonchev–Trinajstić information content (AvgIpc) is 2.47. The van der Waals surface area contributed by atoms with E-state index in [0.717, 1.165) is 18.8 Å². The zero-order valence-corrected chi connectivity index (χ0v) is 12.2. The SMILES string of the molecule is CCC1CCC(O)(CNC(C)c2ccccc2)CC1. The van der Waals surface area contributed by atoms with Crippen molar-refractivity contribution in [2.45, 2.75) is 57.6 Å². The first kappa shape index (κ1) is 14.5. The Bertz CT molecular complexity index is 368. The maximum absolute atomic E-state index is 10.6. The summed E-state index contributed by atoms with van der Waals surface area (Å²) in [6, 6.07) is 10.7. The minimum Gasteiger partial charge on any atom is -0.389 e. The summed E-state index contributed by atoms with van der Waals surface area (Å²) < 4.78 is 0. The summed E-state index contributed by atoms with van der Waals surface area (Å²) in [5.41, 5.74) is 0.794. The van der Waals surface area contributed by atoms with Crippen molar-refractivity contribution in [1.82, 2.24) is 5.32 Å². The molecule has 1 saturated carbocycles. The molecule has 1 fully saturated rings. The third-order valence-electron chi connectivity index (χ3n) is 4.65. The maximum atomic E-state index is 10.6. The monoisotopic (exact) mass is 261 g/mol. The van der Waals surface area contributed by atoms with Crippen molar-refractivity contribution in [3.05, 3.63) is 35.9 Å². The van der Waals surface area contributed by atoms with Crippen molar-refractivity contribution >= 4 is 0 Å². The fourth-order valence-corrected chi connectivity index (χ4v) is 3.00. The Balaban J connectivity index is 1.82. The second kappa shape index (κ2) is 6.53. The maximum Gasteiger partial charge on any atom is 0.0772 e. The molecule has 1 aliphatic carbocycles. The van der Waals surface area contributed by atoms with Crippen LogP contribution in [0.4, 0.5) is 0 Å². The molecule has 1 aromatic rings. The molecule has 0 radical (unpaired) electrons. The lowest BCUT2D eigenvalue weighted by Gasteiger charge is -2.36. The smallest absolute Gasteiger partial charge is 0.0772 e. The van der Waals surface area contributed by atoms with Gasteiger partial charge in [0.05, 0.1) is 5.60 Å². The van der Waals surface area contributed by atoms with E-state index in [9.17, 15) is 5.11 Å². The number of rotatable bonds is 5. The summed E-state index contributed by atoms with van der Waals surface area (Å²) in [6.07, 6.45) is 5.49. The summed E-state index contributed by atoms with van der Waals surface area (Å²) in [5.74, 6) is 0.826. The van der Waals surface area contributed by atoms with Crippen molar-refractivity contribution in [2.24, 2.45) is 5.92 Å². The summed E-state index contributed by atoms with van der Waals surface area (Å²) in [5, 5.41) is 14.1. The fourth-order valence-electron chi connectivity index (χ4n) is 3.00. The van der Waals surface area contributed by atoms with E-state index in [1.165, 1.54) is 24.8 Å². The van der Waals surface area contributed by atoms with Gasteiger partial charge in [0.2, 0.25) is 0 Å². The second-order valence-electron chi connectivity index (χ2n) is 6.09. The van der Waals surface area contributed by atoms with E-state index < -0.39 is 5.60 Å². The van der Waals surface area contributed by atoms with E-state index >= 15 is 0 Å². The van der Waals surface area contributed by atoms with Gasteiger partial charge in [0.15, 0.2) is 0 Å². The van der Waals surface area contributed by atoms with Crippen LogP contribution in [0.1, 0.15) is 57.6 Å². The number of hydrogen-bond acceptors (Lipinski definition) is 2. The molecule has 1 unspecified atom stereocenters. The lowest BCUT2D eigenvalue weighted by molar-refractivity contribution is -0.0103. The van der Waals surface area contributed by atoms with E-state index in [1.54, 1.807) is 0 Å². The molecule has 1 aromatic carbocycles. The molecule has 2 nitrogen and oxygen atoms in total. The second-order valence-corrected chi connectivity index (χ2v) is 6.09. The molecule has 0 spiro atoms. The van der Waals surface area contributed by atoms with Crippen LogP contribution in [0, 0.1) is 5.92 Å². The molecule has 0 aromatic heterocycles. The molecule has 2 rings (SSSR count). The molecule has 0 bridgehead atoms. The first-order valence-electron chi connectivity index (χ1n) is 7.64. The molecule has 2 N–H and O–H groups in total. The van der Waals surface area contributed by atoms with Crippen molar-refractivity contribution < 1.29 is 5.11 Å². The van der Waals surface area contributed by atoms with Crippen LogP contribution >= 0.6 is 0 Å². The average molecular weight is 261 g/mol. The quantitative estimate of drug-likeness (QED) is 0.847. The van der Waals surface area contributed by atoms with E-state index in [4.69, 9.17) is 0 Å². The van der Waals surface area contributed by atoms with Gasteiger partial charge in [-0.05, 0) is 44.1 Å². The van der Waals surface area contributed by atoms with Crippen molar-refractivity contribution in [1.29, 1.82) is 0 Å². The van der Waals surface area contributed by atoms with Crippen molar-refractivity contribution in [3.8, 4) is 0 Å². The Morgan fingerprint density at radius 1 is 1.26 bits per heavy atom. The Labute approximate surface area is 117 Å². The molecule has 106 valence electrons. The number of benzene rings is 1. The molecule has 0 aliphatic heterocycles. The van der Waals surface area contributed by atoms with E-state index in [1.807, 2.05) is 6.07 Å². The van der Waals surface area contributed by atoms with E-state index in [-0.39, 0.29) is 0 Å². The first-order valence-corrected chi connectivity index (χ1v) is 7.64. The standard InChI is InChI=1S/C17H27NO/c1-3-15-9-11-17(19,12-10-15)13-18-14(2)16-7-5-4-6-8-16/h4-8,14-15,18-19H,3,9-13H2,1-2H3. The lowest BCUT2D eigenvalue weighted by atomic mass is 9.77. The Morgan fingerprint density at radius 3 is 2.47 bits per heavy atom. The Kier molecular flexibility index (Phi) is 5.00. The minimum atomic E-state index is -0.491. The first-order chi connectivity index (χ1) is 9.13. The van der Waals surface area contributed by atoms with Gasteiger partial charge in [0.25, 0.3) is 0 Å². The van der Waals surface area contributed by atoms with Crippen LogP contribution in [0.5, 0.6) is 0 Å². The molecule has 1 aliphatic rings. The van der Waals surface area contributed by atoms with Crippen molar-refractivity contribution in [2.75, 3.05) is 6.54 Å². The number of nitrogens with one attached hydrogen (secondary N) is 1. The summed E-state index contributed by atoms with van der Waals surface area (Å²) in [7, 11) is 0. The third-order valence-corrected chi connectivity index (χ3v) is 4.65. The molecule has 0 heterocycles. The normalized spacial score (nSPS) is 29.1. The summed E-state index contributed by atoms with van der Waals surface area (Å²) in [4.78, 5) is 0. The van der Waals surface area contributed by atoms with Gasteiger partial charge in [-0.1, -0.05) is 43.7 Å². The topological polar surface area (TPSA) is 32.3 Å². The van der Waals surface area contributed by atoms with Crippen molar-refractivity contribution in [3.63, 3.8) is 0 Å². The summed E-state index contributed by atoms with van der Waals surface area (Å²) >= 11 is 0. The van der Waals surface area contributed by atoms with Gasteiger partial charge in [0.1, 0.15) is 0 Å². The Hall–Kier alpha value is -0.860. The van der Waals surface area contributed by atoms with Crippen LogP contribution in [0.2, 0.25) is 0 Å². The highest BCUT2D eigenvalue weighted by atomic mass is 16.3. The van der Waals surface area contributed by atoms with Gasteiger partial charge >= 0.3 is 0 Å². The van der Waals surface area contributed by atoms with E-state index in [2.05, 4.69) is 43.4 Å². The predicted molar refractivity (Wildman–Crippen MR) is 80.1 cm³/mol. The van der Waals surface area contributed by atoms with Crippen LogP contribution in [0.15, 0.2) is 30.3 Å². The fraction of sp³-hybridized carbons (Fsp3) is 0.647. The molecule has 0 amide bonds. The summed E-state index contributed by atoms with van der Waals surface area (Å²) in [6.45, 7) is 5.13. The lowest BCUT2D eigenvalue weighted by Crippen LogP contribution is -2.44. The highest BCUT2D eigenvalue weighted by molar-refractivity contribution is 5.18. The van der Waals surface area contributed by atoms with Crippen LogP contribution < -0.4 is 5.32 Å². The zero-order chi connectivity index (χ0) is 13.7. The molecule has 2 heteroatoms. The predicted octanol–water partition coefficient (Wildman–Crippen LogP) is 3.67. The van der Waals surface area contributed by atoms with Crippen LogP contribution in [0.3, 0.4) is 0 Å². The highest BCUT2D eigenvalue weighted by Crippen LogP contribution is 2.33. The van der Waals surface area contributed by atoms with Gasteiger partial charge in [-0.2, -0.15) is 0 Å². The van der Waals surface area contributed by atoms with Crippen LogP contribution in [0.25, 0.3) is 0 Å². The largest absolute Gasteiger partial charge is 0.389 e. The molecular weight excluding hydrogens is 234 g/mol. The molecule has 19 heavy (non-hydrogen) atoms. The number of aliphatic hydroxyl groups is 1. The molecule has 0 saturated heterocycles. The van der Waals surface area contributed by atoms with Crippen LogP contribution in [-0.4, -0.2) is 17.3 Å². The number of hydrogen-bond donors (Lipinski definition) is 2. The highest BCUT2D eigenvalue weighted by Gasteiger charge is 2.32.